The molecule has 0 aromatic heterocycles. The van der Waals surface area contributed by atoms with Crippen LogP contribution in [-0.4, -0.2) is 23.9 Å². The lowest BCUT2D eigenvalue weighted by molar-refractivity contribution is -0.131. The Labute approximate surface area is 107 Å². The molecule has 0 aromatic rings. The van der Waals surface area contributed by atoms with E-state index in [4.69, 9.17) is 4.74 Å². The van der Waals surface area contributed by atoms with E-state index >= 15 is 0 Å². The van der Waals surface area contributed by atoms with Gasteiger partial charge in [-0.25, -0.2) is 0 Å². The van der Waals surface area contributed by atoms with E-state index in [2.05, 4.69) is 6.92 Å². The number of unbranched alkanes of at least 4 members (excludes halogenated alkanes) is 7. The van der Waals surface area contributed by atoms with Crippen LogP contribution in [0.25, 0.3) is 0 Å². The average molecular weight is 242 g/mol. The van der Waals surface area contributed by atoms with Crippen LogP contribution < -0.4 is 0 Å². The van der Waals surface area contributed by atoms with Crippen molar-refractivity contribution in [3.63, 3.8) is 0 Å². The summed E-state index contributed by atoms with van der Waals surface area (Å²) in [5.41, 5.74) is -0.386. The highest BCUT2D eigenvalue weighted by Crippen LogP contribution is 2.38. The van der Waals surface area contributed by atoms with E-state index in [0.29, 0.717) is 6.10 Å². The van der Waals surface area contributed by atoms with Gasteiger partial charge in [0, 0.05) is 20.0 Å². The third kappa shape index (κ3) is 5.87. The van der Waals surface area contributed by atoms with Crippen LogP contribution in [0.5, 0.6) is 0 Å². The SMILES string of the molecule is CCCCCCCCCCC1(O)CC(OC)C1. The van der Waals surface area contributed by atoms with Crippen molar-refractivity contribution in [3.8, 4) is 0 Å². The Morgan fingerprint density at radius 3 is 2.06 bits per heavy atom. The number of rotatable bonds is 10. The van der Waals surface area contributed by atoms with E-state index in [1.165, 1.54) is 51.4 Å². The van der Waals surface area contributed by atoms with Gasteiger partial charge < -0.3 is 9.84 Å². The quantitative estimate of drug-likeness (QED) is 0.585. The number of aliphatic hydroxyl groups is 1. The molecule has 0 heterocycles. The molecule has 0 spiro atoms. The molecule has 0 radical (unpaired) electrons. The second-order valence-electron chi connectivity index (χ2n) is 5.72. The lowest BCUT2D eigenvalue weighted by atomic mass is 9.74. The third-order valence-electron chi connectivity index (χ3n) is 4.04. The summed E-state index contributed by atoms with van der Waals surface area (Å²) >= 11 is 0. The van der Waals surface area contributed by atoms with Crippen LogP contribution >= 0.6 is 0 Å². The number of hydrogen-bond acceptors (Lipinski definition) is 2. The van der Waals surface area contributed by atoms with Crippen LogP contribution in [-0.2, 0) is 4.74 Å². The lowest BCUT2D eigenvalue weighted by Gasteiger charge is -2.42. The fourth-order valence-electron chi connectivity index (χ4n) is 2.75. The van der Waals surface area contributed by atoms with Crippen LogP contribution in [0.15, 0.2) is 0 Å². The summed E-state index contributed by atoms with van der Waals surface area (Å²) in [6.45, 7) is 2.26. The van der Waals surface area contributed by atoms with Gasteiger partial charge in [-0.3, -0.25) is 0 Å². The minimum Gasteiger partial charge on any atom is -0.390 e. The van der Waals surface area contributed by atoms with Crippen LogP contribution in [0.4, 0.5) is 0 Å². The van der Waals surface area contributed by atoms with E-state index in [9.17, 15) is 5.11 Å². The van der Waals surface area contributed by atoms with Crippen molar-refractivity contribution in [3.05, 3.63) is 0 Å². The molecule has 102 valence electrons. The first-order valence-electron chi connectivity index (χ1n) is 7.45. The molecule has 1 aliphatic rings. The van der Waals surface area contributed by atoms with Gasteiger partial charge in [0.05, 0.1) is 11.7 Å². The Morgan fingerprint density at radius 2 is 1.53 bits per heavy atom. The summed E-state index contributed by atoms with van der Waals surface area (Å²) in [6.07, 6.45) is 13.7. The first-order valence-corrected chi connectivity index (χ1v) is 7.45. The van der Waals surface area contributed by atoms with Crippen LogP contribution in [0.3, 0.4) is 0 Å². The summed E-state index contributed by atoms with van der Waals surface area (Å²) in [7, 11) is 1.74. The maximum atomic E-state index is 10.1. The summed E-state index contributed by atoms with van der Waals surface area (Å²) in [6, 6.07) is 0. The molecule has 0 aliphatic heterocycles. The molecule has 0 atom stereocenters. The fraction of sp³-hybridized carbons (Fsp3) is 1.00. The van der Waals surface area contributed by atoms with Crippen LogP contribution in [0.1, 0.15) is 77.6 Å². The highest BCUT2D eigenvalue weighted by Gasteiger charge is 2.41. The zero-order valence-corrected chi connectivity index (χ0v) is 11.7. The third-order valence-corrected chi connectivity index (χ3v) is 4.04. The van der Waals surface area contributed by atoms with Crippen molar-refractivity contribution >= 4 is 0 Å². The van der Waals surface area contributed by atoms with Gasteiger partial charge in [0.25, 0.3) is 0 Å². The van der Waals surface area contributed by atoms with Crippen LogP contribution in [0, 0.1) is 0 Å². The Kier molecular flexibility index (Phi) is 7.14. The van der Waals surface area contributed by atoms with Gasteiger partial charge in [0.15, 0.2) is 0 Å². The Balaban J connectivity index is 1.85. The minimum absolute atomic E-state index is 0.314. The van der Waals surface area contributed by atoms with Crippen molar-refractivity contribution in [2.45, 2.75) is 89.3 Å². The minimum atomic E-state index is -0.386. The van der Waals surface area contributed by atoms with Crippen molar-refractivity contribution in [1.82, 2.24) is 0 Å². The predicted octanol–water partition coefficient (Wildman–Crippen LogP) is 4.06. The molecule has 0 bridgehead atoms. The van der Waals surface area contributed by atoms with Gasteiger partial charge in [0.2, 0.25) is 0 Å². The molecule has 1 saturated carbocycles. The van der Waals surface area contributed by atoms with Gasteiger partial charge in [0.1, 0.15) is 0 Å². The smallest absolute Gasteiger partial charge is 0.0697 e. The van der Waals surface area contributed by atoms with Crippen molar-refractivity contribution in [2.24, 2.45) is 0 Å². The summed E-state index contributed by atoms with van der Waals surface area (Å²) in [5.74, 6) is 0. The standard InChI is InChI=1S/C15H30O2/c1-3-4-5-6-7-8-9-10-11-15(16)12-14(13-15)17-2/h14,16H,3-13H2,1-2H3. The molecule has 2 nitrogen and oxygen atoms in total. The fourth-order valence-corrected chi connectivity index (χ4v) is 2.75. The topological polar surface area (TPSA) is 29.5 Å². The molecule has 0 aromatic carbocycles. The number of ether oxygens (including phenoxy) is 1. The number of methoxy groups -OCH3 is 1. The van der Waals surface area contributed by atoms with E-state index in [1.807, 2.05) is 0 Å². The summed E-state index contributed by atoms with van der Waals surface area (Å²) in [4.78, 5) is 0. The van der Waals surface area contributed by atoms with Gasteiger partial charge >= 0.3 is 0 Å². The average Bonchev–Trinajstić information content (AvgIpc) is 2.29. The highest BCUT2D eigenvalue weighted by molar-refractivity contribution is 4.94. The molecular weight excluding hydrogens is 212 g/mol. The number of hydrogen-bond donors (Lipinski definition) is 1. The largest absolute Gasteiger partial charge is 0.390 e. The Bertz CT molecular complexity index is 185. The maximum absolute atomic E-state index is 10.1. The second-order valence-corrected chi connectivity index (χ2v) is 5.72. The van der Waals surface area contributed by atoms with E-state index in [-0.39, 0.29) is 5.60 Å². The van der Waals surface area contributed by atoms with Crippen molar-refractivity contribution < 1.29 is 9.84 Å². The molecule has 17 heavy (non-hydrogen) atoms. The molecule has 1 aliphatic carbocycles. The van der Waals surface area contributed by atoms with Crippen LogP contribution in [0.2, 0.25) is 0 Å². The normalized spacial score (nSPS) is 28.1. The first kappa shape index (κ1) is 15.0. The van der Waals surface area contributed by atoms with Gasteiger partial charge in [-0.1, -0.05) is 58.3 Å². The van der Waals surface area contributed by atoms with Gasteiger partial charge in [-0.15, -0.1) is 0 Å². The molecule has 1 fully saturated rings. The van der Waals surface area contributed by atoms with E-state index < -0.39 is 0 Å². The molecule has 1 N–H and O–H groups in total. The van der Waals surface area contributed by atoms with Gasteiger partial charge in [-0.2, -0.15) is 0 Å². The zero-order chi connectivity index (χ0) is 12.6. The second kappa shape index (κ2) is 8.10. The molecule has 0 unspecified atom stereocenters. The molecule has 2 heteroatoms. The van der Waals surface area contributed by atoms with E-state index in [0.717, 1.165) is 19.3 Å². The summed E-state index contributed by atoms with van der Waals surface area (Å²) in [5, 5.41) is 10.1. The van der Waals surface area contributed by atoms with Crippen molar-refractivity contribution in [2.75, 3.05) is 7.11 Å². The molecule has 1 rings (SSSR count). The predicted molar refractivity (Wildman–Crippen MR) is 72.2 cm³/mol. The first-order chi connectivity index (χ1) is 8.20. The lowest BCUT2D eigenvalue weighted by Crippen LogP contribution is -2.47. The highest BCUT2D eigenvalue weighted by atomic mass is 16.5. The molecular formula is C15H30O2. The zero-order valence-electron chi connectivity index (χ0n) is 11.7. The molecule has 0 saturated heterocycles. The van der Waals surface area contributed by atoms with Crippen molar-refractivity contribution in [1.29, 1.82) is 0 Å². The van der Waals surface area contributed by atoms with Gasteiger partial charge in [-0.05, 0) is 6.42 Å². The Morgan fingerprint density at radius 1 is 1.00 bits per heavy atom. The monoisotopic (exact) mass is 242 g/mol. The Hall–Kier alpha value is -0.0800. The van der Waals surface area contributed by atoms with E-state index in [1.54, 1.807) is 7.11 Å². The summed E-state index contributed by atoms with van der Waals surface area (Å²) < 4.78 is 5.20. The molecule has 0 amide bonds. The maximum Gasteiger partial charge on any atom is 0.0697 e.